The number of morpholine rings is 1. The zero-order chi connectivity index (χ0) is 19.2. The molecule has 8 nitrogen and oxygen atoms in total. The van der Waals surface area contributed by atoms with Crippen molar-refractivity contribution >= 4 is 47.2 Å². The van der Waals surface area contributed by atoms with Crippen LogP contribution in [0, 0.1) is 13.8 Å². The van der Waals surface area contributed by atoms with Gasteiger partial charge in [0.25, 0.3) is 0 Å². The number of carbonyl (C=O) groups excluding carboxylic acids is 1. The number of amides is 1. The highest BCUT2D eigenvalue weighted by atomic mass is 127. The van der Waals surface area contributed by atoms with Crippen LogP contribution in [-0.4, -0.2) is 97.6 Å². The molecule has 0 spiro atoms. The molecular formula is C18H31IN6O2S. The molecule has 1 N–H and O–H groups in total. The highest BCUT2D eigenvalue weighted by Crippen LogP contribution is 2.16. The first-order valence-corrected chi connectivity index (χ1v) is 10.3. The number of aromatic nitrogens is 1. The standard InChI is InChI=1S/C18H30N6O2S.HI/c1-14-16(27-15(2)21-14)12-20-18(19-3)24-6-4-22(5-7-24)13-17(25)23-8-10-26-11-9-23;/h4-13H2,1-3H3,(H,19,20);1H. The topological polar surface area (TPSA) is 73.3 Å². The summed E-state index contributed by atoms with van der Waals surface area (Å²) in [6, 6.07) is 0. The molecule has 0 aromatic carbocycles. The minimum absolute atomic E-state index is 0. The maximum Gasteiger partial charge on any atom is 0.236 e. The summed E-state index contributed by atoms with van der Waals surface area (Å²) in [5, 5.41) is 4.55. The molecule has 0 unspecified atom stereocenters. The molecular weight excluding hydrogens is 491 g/mol. The fraction of sp³-hybridized carbons (Fsp3) is 0.722. The molecule has 0 saturated carbocycles. The molecule has 0 atom stereocenters. The van der Waals surface area contributed by atoms with Crippen LogP contribution in [0.25, 0.3) is 0 Å². The van der Waals surface area contributed by atoms with Gasteiger partial charge in [0.1, 0.15) is 0 Å². The minimum atomic E-state index is 0. The van der Waals surface area contributed by atoms with Crippen molar-refractivity contribution in [2.45, 2.75) is 20.4 Å². The number of thiazole rings is 1. The van der Waals surface area contributed by atoms with E-state index in [2.05, 4.69) is 25.1 Å². The van der Waals surface area contributed by atoms with Crippen molar-refractivity contribution < 1.29 is 9.53 Å². The molecule has 1 aromatic heterocycles. The molecule has 1 amide bonds. The van der Waals surface area contributed by atoms with Crippen molar-refractivity contribution in [3.05, 3.63) is 15.6 Å². The fourth-order valence-electron chi connectivity index (χ4n) is 3.45. The highest BCUT2D eigenvalue weighted by molar-refractivity contribution is 14.0. The van der Waals surface area contributed by atoms with E-state index >= 15 is 0 Å². The Labute approximate surface area is 188 Å². The predicted octanol–water partition coefficient (Wildman–Crippen LogP) is 0.930. The summed E-state index contributed by atoms with van der Waals surface area (Å²) < 4.78 is 5.32. The van der Waals surface area contributed by atoms with E-state index in [1.54, 1.807) is 11.3 Å². The van der Waals surface area contributed by atoms with E-state index in [-0.39, 0.29) is 29.9 Å². The Kier molecular flexibility index (Phi) is 9.38. The van der Waals surface area contributed by atoms with Crippen LogP contribution in [0.3, 0.4) is 0 Å². The number of nitrogens with one attached hydrogen (secondary N) is 1. The average Bonchev–Trinajstić information content (AvgIpc) is 3.01. The molecule has 2 saturated heterocycles. The van der Waals surface area contributed by atoms with Crippen molar-refractivity contribution in [3.8, 4) is 0 Å². The summed E-state index contributed by atoms with van der Waals surface area (Å²) in [4.78, 5) is 29.0. The van der Waals surface area contributed by atoms with Crippen molar-refractivity contribution in [3.63, 3.8) is 0 Å². The number of nitrogens with zero attached hydrogens (tertiary/aromatic N) is 5. The van der Waals surface area contributed by atoms with Gasteiger partial charge in [-0.15, -0.1) is 35.3 Å². The number of guanidine groups is 1. The summed E-state index contributed by atoms with van der Waals surface area (Å²) in [6.45, 7) is 11.6. The first-order valence-electron chi connectivity index (χ1n) is 9.53. The van der Waals surface area contributed by atoms with Crippen LogP contribution in [0.1, 0.15) is 15.6 Å². The summed E-state index contributed by atoms with van der Waals surface area (Å²) in [5.74, 6) is 1.13. The van der Waals surface area contributed by atoms with E-state index in [1.807, 2.05) is 25.8 Å². The summed E-state index contributed by atoms with van der Waals surface area (Å²) in [6.07, 6.45) is 0. The van der Waals surface area contributed by atoms with Crippen LogP contribution in [0.4, 0.5) is 0 Å². The lowest BCUT2D eigenvalue weighted by Gasteiger charge is -2.37. The largest absolute Gasteiger partial charge is 0.378 e. The molecule has 0 aliphatic carbocycles. The number of rotatable bonds is 4. The Morgan fingerprint density at radius 3 is 2.39 bits per heavy atom. The smallest absolute Gasteiger partial charge is 0.236 e. The molecule has 3 rings (SSSR count). The number of carbonyl (C=O) groups is 1. The SMILES string of the molecule is CN=C(NCc1sc(C)nc1C)N1CCN(CC(=O)N2CCOCC2)CC1.I. The van der Waals surface area contributed by atoms with Gasteiger partial charge in [-0.1, -0.05) is 0 Å². The van der Waals surface area contributed by atoms with Gasteiger partial charge in [0, 0.05) is 51.2 Å². The van der Waals surface area contributed by atoms with Gasteiger partial charge in [0.15, 0.2) is 5.96 Å². The molecule has 28 heavy (non-hydrogen) atoms. The lowest BCUT2D eigenvalue weighted by Crippen LogP contribution is -2.54. The van der Waals surface area contributed by atoms with E-state index in [0.717, 1.165) is 49.4 Å². The zero-order valence-corrected chi connectivity index (χ0v) is 20.1. The summed E-state index contributed by atoms with van der Waals surface area (Å²) in [7, 11) is 1.82. The minimum Gasteiger partial charge on any atom is -0.378 e. The Balaban J connectivity index is 0.00000280. The molecule has 2 aliphatic heterocycles. The van der Waals surface area contributed by atoms with E-state index in [1.165, 1.54) is 4.88 Å². The Morgan fingerprint density at radius 2 is 1.82 bits per heavy atom. The Morgan fingerprint density at radius 1 is 1.14 bits per heavy atom. The zero-order valence-electron chi connectivity index (χ0n) is 16.9. The Hall–Kier alpha value is -0.980. The number of aryl methyl sites for hydroxylation is 2. The lowest BCUT2D eigenvalue weighted by atomic mass is 10.3. The van der Waals surface area contributed by atoms with E-state index in [9.17, 15) is 4.79 Å². The van der Waals surface area contributed by atoms with Gasteiger partial charge in [-0.05, 0) is 13.8 Å². The van der Waals surface area contributed by atoms with Gasteiger partial charge < -0.3 is 19.9 Å². The van der Waals surface area contributed by atoms with Crippen molar-refractivity contribution in [1.82, 2.24) is 25.0 Å². The number of aliphatic imine (C=N–C) groups is 1. The fourth-order valence-corrected chi connectivity index (χ4v) is 4.33. The Bertz CT molecular complexity index is 669. The maximum absolute atomic E-state index is 12.4. The van der Waals surface area contributed by atoms with Crippen LogP contribution >= 0.6 is 35.3 Å². The molecule has 10 heteroatoms. The molecule has 158 valence electrons. The average molecular weight is 522 g/mol. The van der Waals surface area contributed by atoms with Gasteiger partial charge in [-0.3, -0.25) is 14.7 Å². The van der Waals surface area contributed by atoms with Gasteiger partial charge >= 0.3 is 0 Å². The summed E-state index contributed by atoms with van der Waals surface area (Å²) >= 11 is 1.73. The van der Waals surface area contributed by atoms with Gasteiger partial charge in [-0.25, -0.2) is 4.98 Å². The number of hydrogen-bond donors (Lipinski definition) is 1. The second-order valence-corrected chi connectivity index (χ2v) is 8.19. The third kappa shape index (κ3) is 6.26. The highest BCUT2D eigenvalue weighted by Gasteiger charge is 2.24. The van der Waals surface area contributed by atoms with E-state index in [4.69, 9.17) is 4.74 Å². The van der Waals surface area contributed by atoms with Crippen molar-refractivity contribution in [2.75, 3.05) is 66.1 Å². The van der Waals surface area contributed by atoms with Crippen LogP contribution < -0.4 is 5.32 Å². The number of halogens is 1. The molecule has 3 heterocycles. The normalized spacial score (nSPS) is 18.8. The van der Waals surface area contributed by atoms with Crippen molar-refractivity contribution in [2.24, 2.45) is 4.99 Å². The maximum atomic E-state index is 12.4. The summed E-state index contributed by atoms with van der Waals surface area (Å²) in [5.41, 5.74) is 1.09. The second kappa shape index (κ2) is 11.3. The van der Waals surface area contributed by atoms with Gasteiger partial charge in [-0.2, -0.15) is 0 Å². The van der Waals surface area contributed by atoms with Crippen molar-refractivity contribution in [1.29, 1.82) is 0 Å². The van der Waals surface area contributed by atoms with Gasteiger partial charge in [0.2, 0.25) is 5.91 Å². The van der Waals surface area contributed by atoms with Crippen LogP contribution in [0.15, 0.2) is 4.99 Å². The monoisotopic (exact) mass is 522 g/mol. The van der Waals surface area contributed by atoms with E-state index < -0.39 is 0 Å². The first kappa shape index (κ1) is 23.3. The predicted molar refractivity (Wildman–Crippen MR) is 123 cm³/mol. The van der Waals surface area contributed by atoms with Crippen LogP contribution in [0.5, 0.6) is 0 Å². The molecule has 0 radical (unpaired) electrons. The lowest BCUT2D eigenvalue weighted by molar-refractivity contribution is -0.136. The quantitative estimate of drug-likeness (QED) is 0.361. The second-order valence-electron chi connectivity index (χ2n) is 6.90. The number of ether oxygens (including phenoxy) is 1. The molecule has 2 fully saturated rings. The molecule has 2 aliphatic rings. The molecule has 1 aromatic rings. The van der Waals surface area contributed by atoms with Gasteiger partial charge in [0.05, 0.1) is 37.0 Å². The number of piperazine rings is 1. The third-order valence-electron chi connectivity index (χ3n) is 5.01. The van der Waals surface area contributed by atoms with Crippen LogP contribution in [0.2, 0.25) is 0 Å². The third-order valence-corrected chi connectivity index (χ3v) is 6.09. The molecule has 0 bridgehead atoms. The van der Waals surface area contributed by atoms with Crippen LogP contribution in [-0.2, 0) is 16.1 Å². The van der Waals surface area contributed by atoms with E-state index in [0.29, 0.717) is 32.8 Å². The number of hydrogen-bond acceptors (Lipinski definition) is 6. The first-order chi connectivity index (χ1) is 13.1.